The molecule has 0 saturated carbocycles. The normalized spacial score (nSPS) is 11.6. The standard InChI is InChI=1S/C9H18O2S2.Na/c1-3-5-8(4-2)10-6-7-11-9(12)13;/h8H,3-7H2,1-2H3,(H,12,13);/q;+1/p-1. The fourth-order valence-corrected chi connectivity index (χ4v) is 1.23. The van der Waals surface area contributed by atoms with E-state index in [9.17, 15) is 0 Å². The molecule has 0 spiro atoms. The van der Waals surface area contributed by atoms with E-state index in [-0.39, 0.29) is 33.9 Å². The van der Waals surface area contributed by atoms with Gasteiger partial charge in [-0.05, 0) is 12.8 Å². The zero-order valence-corrected chi connectivity index (χ0v) is 12.9. The van der Waals surface area contributed by atoms with Crippen molar-refractivity contribution < 1.29 is 39.0 Å². The van der Waals surface area contributed by atoms with E-state index >= 15 is 0 Å². The molecule has 0 aliphatic carbocycles. The zero-order valence-electron chi connectivity index (χ0n) is 9.25. The zero-order chi connectivity index (χ0) is 10.1. The van der Waals surface area contributed by atoms with Gasteiger partial charge in [-0.3, -0.25) is 0 Å². The predicted octanol–water partition coefficient (Wildman–Crippen LogP) is -0.566. The van der Waals surface area contributed by atoms with Gasteiger partial charge in [0, 0.05) is 4.38 Å². The van der Waals surface area contributed by atoms with Gasteiger partial charge in [0.05, 0.1) is 12.7 Å². The fraction of sp³-hybridized carbons (Fsp3) is 0.889. The van der Waals surface area contributed by atoms with E-state index in [0.29, 0.717) is 19.3 Å². The Balaban J connectivity index is 0. The molecular formula is C9H17NaO2S2. The van der Waals surface area contributed by atoms with Crippen molar-refractivity contribution in [3.8, 4) is 0 Å². The van der Waals surface area contributed by atoms with E-state index in [1.54, 1.807) is 0 Å². The summed E-state index contributed by atoms with van der Waals surface area (Å²) in [6.07, 6.45) is 3.66. The molecule has 14 heavy (non-hydrogen) atoms. The summed E-state index contributed by atoms with van der Waals surface area (Å²) in [5.74, 6) is 0. The number of rotatable bonds is 7. The van der Waals surface area contributed by atoms with Crippen LogP contribution in [-0.2, 0) is 22.1 Å². The minimum absolute atomic E-state index is 0. The van der Waals surface area contributed by atoms with Crippen molar-refractivity contribution in [3.63, 3.8) is 0 Å². The summed E-state index contributed by atoms with van der Waals surface area (Å²) >= 11 is 9.18. The van der Waals surface area contributed by atoms with Gasteiger partial charge in [-0.25, -0.2) is 0 Å². The molecule has 0 aromatic carbocycles. The maximum Gasteiger partial charge on any atom is 1.00 e. The first-order valence-corrected chi connectivity index (χ1v) is 5.47. The molecule has 0 aromatic heterocycles. The topological polar surface area (TPSA) is 18.5 Å². The molecule has 78 valence electrons. The van der Waals surface area contributed by atoms with Crippen LogP contribution in [0.5, 0.6) is 0 Å². The van der Waals surface area contributed by atoms with Crippen molar-refractivity contribution in [2.75, 3.05) is 13.2 Å². The Morgan fingerprint density at radius 2 is 2.00 bits per heavy atom. The van der Waals surface area contributed by atoms with E-state index < -0.39 is 0 Å². The first-order valence-electron chi connectivity index (χ1n) is 4.66. The first kappa shape index (κ1) is 17.5. The van der Waals surface area contributed by atoms with E-state index in [0.717, 1.165) is 19.3 Å². The van der Waals surface area contributed by atoms with Gasteiger partial charge in [0.15, 0.2) is 0 Å². The summed E-state index contributed by atoms with van der Waals surface area (Å²) in [5.41, 5.74) is 0. The Kier molecular flexibility index (Phi) is 15.1. The second kappa shape index (κ2) is 12.1. The first-order chi connectivity index (χ1) is 6.20. The minimum atomic E-state index is 0. The maximum atomic E-state index is 5.55. The third-order valence-electron chi connectivity index (χ3n) is 1.72. The van der Waals surface area contributed by atoms with Crippen molar-refractivity contribution in [1.82, 2.24) is 0 Å². The summed E-state index contributed by atoms with van der Waals surface area (Å²) in [6.45, 7) is 5.33. The van der Waals surface area contributed by atoms with Crippen LogP contribution in [0.3, 0.4) is 0 Å². The van der Waals surface area contributed by atoms with E-state index in [2.05, 4.69) is 38.7 Å². The van der Waals surface area contributed by atoms with Crippen LogP contribution in [-0.4, -0.2) is 23.7 Å². The van der Waals surface area contributed by atoms with E-state index in [4.69, 9.17) is 9.47 Å². The molecule has 0 bridgehead atoms. The molecular weight excluding hydrogens is 227 g/mol. The third-order valence-corrected chi connectivity index (χ3v) is 1.96. The van der Waals surface area contributed by atoms with Gasteiger partial charge < -0.3 is 34.3 Å². The molecule has 5 heteroatoms. The van der Waals surface area contributed by atoms with E-state index in [1.807, 2.05) is 0 Å². The van der Waals surface area contributed by atoms with Gasteiger partial charge in [-0.15, -0.1) is 0 Å². The summed E-state index contributed by atoms with van der Waals surface area (Å²) < 4.78 is 10.7. The Morgan fingerprint density at radius 3 is 2.43 bits per heavy atom. The van der Waals surface area contributed by atoms with Gasteiger partial charge in [0.2, 0.25) is 0 Å². The molecule has 0 aliphatic heterocycles. The average Bonchev–Trinajstić information content (AvgIpc) is 2.10. The molecule has 1 unspecified atom stereocenters. The van der Waals surface area contributed by atoms with Gasteiger partial charge >= 0.3 is 29.6 Å². The van der Waals surface area contributed by atoms with Gasteiger partial charge in [-0.1, -0.05) is 20.3 Å². The van der Waals surface area contributed by atoms with Crippen LogP contribution >= 0.6 is 12.2 Å². The number of hydrogen-bond acceptors (Lipinski definition) is 4. The van der Waals surface area contributed by atoms with Crippen LogP contribution in [0.1, 0.15) is 33.1 Å². The number of thiocarbonyl (C=S) groups is 1. The Labute approximate surface area is 120 Å². The van der Waals surface area contributed by atoms with Crippen LogP contribution in [0, 0.1) is 0 Å². The van der Waals surface area contributed by atoms with Gasteiger partial charge in [0.25, 0.3) is 0 Å². The smallest absolute Gasteiger partial charge is 0.511 e. The number of ether oxygens (including phenoxy) is 2. The molecule has 0 aliphatic rings. The van der Waals surface area contributed by atoms with Crippen LogP contribution in [0.25, 0.3) is 0 Å². The van der Waals surface area contributed by atoms with Crippen LogP contribution in [0.4, 0.5) is 0 Å². The molecule has 0 N–H and O–H groups in total. The second-order valence-corrected chi connectivity index (χ2v) is 3.79. The van der Waals surface area contributed by atoms with Crippen molar-refractivity contribution in [2.24, 2.45) is 0 Å². The van der Waals surface area contributed by atoms with Crippen molar-refractivity contribution in [1.29, 1.82) is 0 Å². The quantitative estimate of drug-likeness (QED) is 0.258. The summed E-state index contributed by atoms with van der Waals surface area (Å²) in [6, 6.07) is 0. The van der Waals surface area contributed by atoms with Crippen LogP contribution in [0.2, 0.25) is 0 Å². The molecule has 0 saturated heterocycles. The summed E-state index contributed by atoms with van der Waals surface area (Å²) in [5, 5.41) is 0. The molecule has 1 atom stereocenters. The van der Waals surface area contributed by atoms with Gasteiger partial charge in [-0.2, -0.15) is 0 Å². The Morgan fingerprint density at radius 1 is 1.36 bits per heavy atom. The fourth-order valence-electron chi connectivity index (χ4n) is 1.07. The summed E-state index contributed by atoms with van der Waals surface area (Å²) in [4.78, 5) is 0. The monoisotopic (exact) mass is 244 g/mol. The molecule has 0 heterocycles. The molecule has 0 rings (SSSR count). The van der Waals surface area contributed by atoms with E-state index in [1.165, 1.54) is 0 Å². The van der Waals surface area contributed by atoms with Crippen molar-refractivity contribution in [3.05, 3.63) is 0 Å². The third kappa shape index (κ3) is 11.1. The van der Waals surface area contributed by atoms with Crippen LogP contribution < -0.4 is 29.6 Å². The molecule has 0 amide bonds. The summed E-state index contributed by atoms with van der Waals surface area (Å²) in [7, 11) is 0. The molecule has 0 aromatic rings. The minimum Gasteiger partial charge on any atom is -0.511 e. The molecule has 0 radical (unpaired) electrons. The number of hydrogen-bond donors (Lipinski definition) is 0. The molecule has 2 nitrogen and oxygen atoms in total. The van der Waals surface area contributed by atoms with Crippen molar-refractivity contribution in [2.45, 2.75) is 39.2 Å². The Bertz CT molecular complexity index is 145. The predicted molar refractivity (Wildman–Crippen MR) is 60.9 cm³/mol. The molecule has 0 fully saturated rings. The van der Waals surface area contributed by atoms with Gasteiger partial charge in [0.1, 0.15) is 6.61 Å². The maximum absolute atomic E-state index is 5.55. The second-order valence-electron chi connectivity index (χ2n) is 2.79. The van der Waals surface area contributed by atoms with Crippen molar-refractivity contribution >= 4 is 29.2 Å². The SMILES string of the molecule is CCCC(CC)OCCOC(=S)[S-].[Na+]. The average molecular weight is 244 g/mol. The van der Waals surface area contributed by atoms with Crippen LogP contribution in [0.15, 0.2) is 0 Å². The largest absolute Gasteiger partial charge is 1.00 e. The Hall–Kier alpha value is 1.07.